The fourth-order valence-corrected chi connectivity index (χ4v) is 2.84. The van der Waals surface area contributed by atoms with E-state index in [1.165, 1.54) is 12.1 Å². The average molecular weight is 402 g/mol. The Morgan fingerprint density at radius 1 is 1.11 bits per heavy atom. The van der Waals surface area contributed by atoms with Gasteiger partial charge in [-0.05, 0) is 31.0 Å². The molecule has 1 aromatic rings. The molecule has 1 heterocycles. The number of halogens is 3. The molecule has 0 radical (unpaired) electrons. The number of hydrogen-bond donors (Lipinski definition) is 1. The molecule has 1 atom stereocenters. The lowest BCUT2D eigenvalue weighted by atomic mass is 10.1. The molecule has 1 fully saturated rings. The highest BCUT2D eigenvalue weighted by atomic mass is 19.4. The zero-order valence-electron chi connectivity index (χ0n) is 15.0. The third-order valence-corrected chi connectivity index (χ3v) is 4.16. The van der Waals surface area contributed by atoms with E-state index >= 15 is 0 Å². The molecule has 1 saturated heterocycles. The Balaban J connectivity index is 2.32. The predicted molar refractivity (Wildman–Crippen MR) is 88.5 cm³/mol. The predicted octanol–water partition coefficient (Wildman–Crippen LogP) is 1.75. The summed E-state index contributed by atoms with van der Waals surface area (Å²) in [5.74, 6) is -4.60. The molecule has 1 unspecified atom stereocenters. The number of benzene rings is 1. The highest BCUT2D eigenvalue weighted by Crippen LogP contribution is 2.27. The first-order valence-electron chi connectivity index (χ1n) is 8.09. The molecule has 11 heteroatoms. The van der Waals surface area contributed by atoms with Crippen molar-refractivity contribution in [3.8, 4) is 0 Å². The largest absolute Gasteiger partial charge is 0.471 e. The summed E-state index contributed by atoms with van der Waals surface area (Å²) in [5.41, 5.74) is -0.263. The lowest BCUT2D eigenvalue weighted by Gasteiger charge is -2.25. The van der Waals surface area contributed by atoms with Crippen molar-refractivity contribution in [1.29, 1.82) is 0 Å². The fourth-order valence-electron chi connectivity index (χ4n) is 2.84. The maximum absolute atomic E-state index is 12.7. The second-order valence-electron chi connectivity index (χ2n) is 5.89. The van der Waals surface area contributed by atoms with Crippen molar-refractivity contribution in [2.24, 2.45) is 0 Å². The van der Waals surface area contributed by atoms with Crippen LogP contribution in [0.2, 0.25) is 0 Å². The molecule has 0 aliphatic carbocycles. The number of amides is 2. The van der Waals surface area contributed by atoms with Crippen LogP contribution in [0.4, 0.5) is 18.9 Å². The number of nitrogens with one attached hydrogen (secondary N) is 1. The summed E-state index contributed by atoms with van der Waals surface area (Å²) in [7, 11) is 2.23. The van der Waals surface area contributed by atoms with E-state index in [2.05, 4.69) is 14.8 Å². The Kier molecular flexibility index (Phi) is 6.26. The van der Waals surface area contributed by atoms with Gasteiger partial charge < -0.3 is 19.7 Å². The highest BCUT2D eigenvalue weighted by Gasteiger charge is 2.47. The molecule has 0 spiro atoms. The van der Waals surface area contributed by atoms with E-state index in [0.717, 1.165) is 20.3 Å². The highest BCUT2D eigenvalue weighted by molar-refractivity contribution is 6.05. The molecule has 1 aromatic carbocycles. The first kappa shape index (κ1) is 21.2. The first-order chi connectivity index (χ1) is 13.1. The van der Waals surface area contributed by atoms with E-state index in [1.807, 2.05) is 0 Å². The van der Waals surface area contributed by atoms with E-state index in [1.54, 1.807) is 0 Å². The minimum Gasteiger partial charge on any atom is -0.465 e. The molecular weight excluding hydrogens is 385 g/mol. The summed E-state index contributed by atoms with van der Waals surface area (Å²) in [6.45, 7) is -0.220. The van der Waals surface area contributed by atoms with Crippen LogP contribution in [-0.4, -0.2) is 61.6 Å². The van der Waals surface area contributed by atoms with Crippen LogP contribution in [0.5, 0.6) is 0 Å². The first-order valence-corrected chi connectivity index (χ1v) is 8.09. The smallest absolute Gasteiger partial charge is 0.465 e. The third-order valence-electron chi connectivity index (χ3n) is 4.16. The van der Waals surface area contributed by atoms with Crippen molar-refractivity contribution in [1.82, 2.24) is 4.90 Å². The number of alkyl halides is 3. The molecule has 1 N–H and O–H groups in total. The average Bonchev–Trinajstić information content (AvgIpc) is 3.14. The lowest BCUT2D eigenvalue weighted by molar-refractivity contribution is -0.186. The van der Waals surface area contributed by atoms with Gasteiger partial charge in [0.25, 0.3) is 0 Å². The Hall–Kier alpha value is -3.11. The van der Waals surface area contributed by atoms with Gasteiger partial charge in [0, 0.05) is 6.54 Å². The lowest BCUT2D eigenvalue weighted by Crippen LogP contribution is -2.48. The summed E-state index contributed by atoms with van der Waals surface area (Å²) in [6.07, 6.45) is -4.87. The normalized spacial score (nSPS) is 16.5. The van der Waals surface area contributed by atoms with E-state index in [-0.39, 0.29) is 36.2 Å². The maximum atomic E-state index is 12.7. The molecule has 28 heavy (non-hydrogen) atoms. The number of methoxy groups -OCH3 is 2. The minimum atomic E-state index is -5.11. The monoisotopic (exact) mass is 402 g/mol. The van der Waals surface area contributed by atoms with Gasteiger partial charge in [0.05, 0.1) is 31.0 Å². The van der Waals surface area contributed by atoms with Crippen molar-refractivity contribution in [2.45, 2.75) is 25.1 Å². The van der Waals surface area contributed by atoms with E-state index in [4.69, 9.17) is 0 Å². The Labute approximate surface area is 157 Å². The molecule has 152 valence electrons. The van der Waals surface area contributed by atoms with Crippen LogP contribution < -0.4 is 5.32 Å². The summed E-state index contributed by atoms with van der Waals surface area (Å²) in [6, 6.07) is 2.26. The second kappa shape index (κ2) is 8.28. The van der Waals surface area contributed by atoms with Crippen LogP contribution in [0, 0.1) is 0 Å². The SMILES string of the molecule is COC(=O)c1ccc(C(=O)OC)c(NC(=O)C2CCCN2C(=O)C(F)(F)F)c1. The topological polar surface area (TPSA) is 102 Å². The Morgan fingerprint density at radius 2 is 1.75 bits per heavy atom. The molecular formula is C17H17F3N2O6. The Morgan fingerprint density at radius 3 is 2.32 bits per heavy atom. The molecule has 0 saturated carbocycles. The minimum absolute atomic E-state index is 0.0000917. The van der Waals surface area contributed by atoms with Gasteiger partial charge in [-0.3, -0.25) is 9.59 Å². The molecule has 2 amide bonds. The number of esters is 2. The van der Waals surface area contributed by atoms with Gasteiger partial charge in [0.15, 0.2) is 0 Å². The van der Waals surface area contributed by atoms with Crippen LogP contribution in [0.25, 0.3) is 0 Å². The number of anilines is 1. The quantitative estimate of drug-likeness (QED) is 0.770. The molecule has 1 aliphatic heterocycles. The van der Waals surface area contributed by atoms with Crippen molar-refractivity contribution in [2.75, 3.05) is 26.1 Å². The van der Waals surface area contributed by atoms with Gasteiger partial charge in [0.1, 0.15) is 6.04 Å². The number of rotatable bonds is 4. The number of carbonyl (C=O) groups excluding carboxylic acids is 4. The second-order valence-corrected chi connectivity index (χ2v) is 5.89. The van der Waals surface area contributed by atoms with Crippen molar-refractivity contribution in [3.05, 3.63) is 29.3 Å². The molecule has 0 aromatic heterocycles. The van der Waals surface area contributed by atoms with Gasteiger partial charge in [-0.1, -0.05) is 0 Å². The summed E-state index contributed by atoms with van der Waals surface area (Å²) >= 11 is 0. The van der Waals surface area contributed by atoms with E-state index < -0.39 is 36.0 Å². The number of nitrogens with zero attached hydrogens (tertiary/aromatic N) is 1. The van der Waals surface area contributed by atoms with Gasteiger partial charge in [-0.15, -0.1) is 0 Å². The summed E-state index contributed by atoms with van der Waals surface area (Å²) < 4.78 is 47.3. The Bertz CT molecular complexity index is 809. The van der Waals surface area contributed by atoms with Crippen molar-refractivity contribution < 1.29 is 41.8 Å². The standard InChI is InChI=1S/C17H17F3N2O6/c1-27-14(24)9-5-6-10(15(25)28-2)11(8-9)21-13(23)12-4-3-7-22(12)16(26)17(18,19)20/h5-6,8,12H,3-4,7H2,1-2H3,(H,21,23). The number of carbonyl (C=O) groups is 4. The van der Waals surface area contributed by atoms with Crippen molar-refractivity contribution in [3.63, 3.8) is 0 Å². The van der Waals surface area contributed by atoms with Crippen LogP contribution in [-0.2, 0) is 19.1 Å². The fraction of sp³-hybridized carbons (Fsp3) is 0.412. The zero-order valence-corrected chi connectivity index (χ0v) is 15.0. The van der Waals surface area contributed by atoms with Gasteiger partial charge >= 0.3 is 24.0 Å². The third kappa shape index (κ3) is 4.41. The molecule has 1 aliphatic rings. The molecule has 0 bridgehead atoms. The van der Waals surface area contributed by atoms with E-state index in [9.17, 15) is 32.3 Å². The molecule has 8 nitrogen and oxygen atoms in total. The zero-order chi connectivity index (χ0) is 21.1. The number of likely N-dealkylation sites (tertiary alicyclic amines) is 1. The summed E-state index contributed by atoms with van der Waals surface area (Å²) in [5, 5.41) is 2.31. The number of ether oxygens (including phenoxy) is 2. The van der Waals surface area contributed by atoms with Gasteiger partial charge in [-0.2, -0.15) is 13.2 Å². The van der Waals surface area contributed by atoms with Crippen molar-refractivity contribution >= 4 is 29.4 Å². The van der Waals surface area contributed by atoms with Crippen LogP contribution in [0.3, 0.4) is 0 Å². The summed E-state index contributed by atoms with van der Waals surface area (Å²) in [4.78, 5) is 48.1. The van der Waals surface area contributed by atoms with Gasteiger partial charge in [-0.25, -0.2) is 9.59 Å². The van der Waals surface area contributed by atoms with E-state index in [0.29, 0.717) is 4.90 Å². The van der Waals surface area contributed by atoms with Crippen LogP contribution in [0.15, 0.2) is 18.2 Å². The number of hydrogen-bond acceptors (Lipinski definition) is 6. The van der Waals surface area contributed by atoms with Crippen LogP contribution >= 0.6 is 0 Å². The molecule has 2 rings (SSSR count). The maximum Gasteiger partial charge on any atom is 0.471 e. The van der Waals surface area contributed by atoms with Gasteiger partial charge in [0.2, 0.25) is 5.91 Å². The van der Waals surface area contributed by atoms with Crippen LogP contribution in [0.1, 0.15) is 33.6 Å².